The second kappa shape index (κ2) is 6.55. The molecular formula is C10H10ClN3O4. The van der Waals surface area contributed by atoms with Crippen molar-refractivity contribution in [1.29, 1.82) is 0 Å². The molecule has 0 spiro atoms. The minimum atomic E-state index is -0.772. The number of aromatic nitrogens is 1. The molecule has 0 saturated carbocycles. The summed E-state index contributed by atoms with van der Waals surface area (Å²) in [4.78, 5) is 36.8. The third-order valence-electron chi connectivity index (χ3n) is 1.69. The van der Waals surface area contributed by atoms with Gasteiger partial charge in [-0.15, -0.1) is 0 Å². The number of amides is 2. The van der Waals surface area contributed by atoms with Crippen molar-refractivity contribution in [2.75, 3.05) is 6.61 Å². The lowest BCUT2D eigenvalue weighted by Crippen LogP contribution is -2.42. The van der Waals surface area contributed by atoms with Gasteiger partial charge in [-0.25, -0.2) is 9.78 Å². The Morgan fingerprint density at radius 3 is 2.72 bits per heavy atom. The Morgan fingerprint density at radius 1 is 1.39 bits per heavy atom. The van der Waals surface area contributed by atoms with E-state index >= 15 is 0 Å². The second-order valence-corrected chi connectivity index (χ2v) is 3.51. The highest BCUT2D eigenvalue weighted by molar-refractivity contribution is 6.32. The van der Waals surface area contributed by atoms with Crippen LogP contribution in [0.5, 0.6) is 0 Å². The number of carbonyl (C=O) groups excluding carboxylic acids is 3. The van der Waals surface area contributed by atoms with Crippen molar-refractivity contribution in [3.8, 4) is 0 Å². The molecule has 0 aliphatic heterocycles. The van der Waals surface area contributed by atoms with Crippen LogP contribution in [0.15, 0.2) is 18.3 Å². The number of hydrogen-bond acceptors (Lipinski definition) is 5. The first-order chi connectivity index (χ1) is 8.50. The van der Waals surface area contributed by atoms with Crippen molar-refractivity contribution in [1.82, 2.24) is 15.8 Å². The average molecular weight is 272 g/mol. The largest absolute Gasteiger partial charge is 0.452 e. The predicted molar refractivity (Wildman–Crippen MR) is 61.5 cm³/mol. The minimum Gasteiger partial charge on any atom is -0.452 e. The van der Waals surface area contributed by atoms with Crippen LogP contribution in [0.1, 0.15) is 17.3 Å². The zero-order chi connectivity index (χ0) is 13.5. The number of ether oxygens (including phenoxy) is 1. The van der Waals surface area contributed by atoms with Gasteiger partial charge >= 0.3 is 5.97 Å². The Hall–Kier alpha value is -2.15. The number of nitrogens with one attached hydrogen (secondary N) is 2. The molecule has 18 heavy (non-hydrogen) atoms. The Labute approximate surface area is 107 Å². The summed E-state index contributed by atoms with van der Waals surface area (Å²) in [6.07, 6.45) is 1.42. The zero-order valence-electron chi connectivity index (χ0n) is 9.40. The van der Waals surface area contributed by atoms with Gasteiger partial charge < -0.3 is 4.74 Å². The Morgan fingerprint density at radius 2 is 2.11 bits per heavy atom. The molecular weight excluding hydrogens is 262 g/mol. The van der Waals surface area contributed by atoms with E-state index in [2.05, 4.69) is 15.1 Å². The molecule has 1 rings (SSSR count). The summed E-state index contributed by atoms with van der Waals surface area (Å²) < 4.78 is 4.68. The first kappa shape index (κ1) is 13.9. The Balaban J connectivity index is 2.45. The number of pyridine rings is 1. The van der Waals surface area contributed by atoms with E-state index in [-0.39, 0.29) is 10.7 Å². The van der Waals surface area contributed by atoms with Gasteiger partial charge in [0.15, 0.2) is 6.61 Å². The molecule has 1 aromatic heterocycles. The van der Waals surface area contributed by atoms with Gasteiger partial charge in [0.1, 0.15) is 5.15 Å². The summed E-state index contributed by atoms with van der Waals surface area (Å²) >= 11 is 5.67. The van der Waals surface area contributed by atoms with E-state index in [4.69, 9.17) is 11.6 Å². The van der Waals surface area contributed by atoms with Crippen LogP contribution in [-0.2, 0) is 14.3 Å². The summed E-state index contributed by atoms with van der Waals surface area (Å²) in [6, 6.07) is 2.93. The van der Waals surface area contributed by atoms with Gasteiger partial charge in [0.2, 0.25) is 5.91 Å². The fourth-order valence-electron chi connectivity index (χ4n) is 0.941. The van der Waals surface area contributed by atoms with Crippen LogP contribution in [-0.4, -0.2) is 29.4 Å². The van der Waals surface area contributed by atoms with E-state index in [0.29, 0.717) is 0 Å². The number of hydrazine groups is 1. The quantitative estimate of drug-likeness (QED) is 0.460. The minimum absolute atomic E-state index is 0.00947. The fourth-order valence-corrected chi connectivity index (χ4v) is 1.14. The summed E-state index contributed by atoms with van der Waals surface area (Å²) in [5.41, 5.74) is 4.15. The average Bonchev–Trinajstić information content (AvgIpc) is 2.34. The van der Waals surface area contributed by atoms with Crippen molar-refractivity contribution in [3.63, 3.8) is 0 Å². The molecule has 0 radical (unpaired) electrons. The molecule has 7 nitrogen and oxygen atoms in total. The molecule has 0 aromatic carbocycles. The van der Waals surface area contributed by atoms with Crippen molar-refractivity contribution in [2.24, 2.45) is 0 Å². The fraction of sp³-hybridized carbons (Fsp3) is 0.200. The number of nitrogens with zero attached hydrogens (tertiary/aromatic N) is 1. The summed E-state index contributed by atoms with van der Waals surface area (Å²) in [5.74, 6) is -1.88. The van der Waals surface area contributed by atoms with Crippen molar-refractivity contribution < 1.29 is 19.1 Å². The molecule has 0 fully saturated rings. The van der Waals surface area contributed by atoms with E-state index in [1.54, 1.807) is 0 Å². The third kappa shape index (κ3) is 4.38. The van der Waals surface area contributed by atoms with Crippen molar-refractivity contribution >= 4 is 29.4 Å². The van der Waals surface area contributed by atoms with Gasteiger partial charge in [0, 0.05) is 13.1 Å². The van der Waals surface area contributed by atoms with Crippen molar-refractivity contribution in [2.45, 2.75) is 6.92 Å². The molecule has 0 atom stereocenters. The first-order valence-electron chi connectivity index (χ1n) is 4.83. The number of rotatable bonds is 3. The van der Waals surface area contributed by atoms with E-state index < -0.39 is 24.4 Å². The molecule has 2 N–H and O–H groups in total. The Bertz CT molecular complexity index is 478. The predicted octanol–water partition coefficient (Wildman–Crippen LogP) is 0.0591. The Kier molecular flexibility index (Phi) is 5.06. The lowest BCUT2D eigenvalue weighted by atomic mass is 10.3. The van der Waals surface area contributed by atoms with Crippen LogP contribution in [0.4, 0.5) is 0 Å². The number of carbonyl (C=O) groups is 3. The van der Waals surface area contributed by atoms with Crippen LogP contribution in [0, 0.1) is 0 Å². The molecule has 1 heterocycles. The molecule has 1 aromatic rings. The molecule has 8 heteroatoms. The van der Waals surface area contributed by atoms with Crippen LogP contribution in [0.25, 0.3) is 0 Å². The second-order valence-electron chi connectivity index (χ2n) is 3.15. The molecule has 0 aliphatic carbocycles. The lowest BCUT2D eigenvalue weighted by molar-refractivity contribution is -0.129. The van der Waals surface area contributed by atoms with Gasteiger partial charge in [0.25, 0.3) is 5.91 Å². The number of hydrogen-bond donors (Lipinski definition) is 2. The number of esters is 1. The highest BCUT2D eigenvalue weighted by Gasteiger charge is 2.13. The summed E-state index contributed by atoms with van der Waals surface area (Å²) in [6.45, 7) is 0.687. The van der Waals surface area contributed by atoms with Crippen LogP contribution in [0.2, 0.25) is 5.15 Å². The monoisotopic (exact) mass is 271 g/mol. The highest BCUT2D eigenvalue weighted by atomic mass is 35.5. The van der Waals surface area contributed by atoms with Crippen LogP contribution < -0.4 is 10.9 Å². The molecule has 0 unspecified atom stereocenters. The molecule has 0 aliphatic rings. The lowest BCUT2D eigenvalue weighted by Gasteiger charge is -2.06. The number of halogens is 1. The maximum absolute atomic E-state index is 11.5. The van der Waals surface area contributed by atoms with Gasteiger partial charge in [-0.05, 0) is 12.1 Å². The van der Waals surface area contributed by atoms with E-state index in [9.17, 15) is 14.4 Å². The summed E-state index contributed by atoms with van der Waals surface area (Å²) in [7, 11) is 0. The van der Waals surface area contributed by atoms with Gasteiger partial charge in [-0.1, -0.05) is 11.6 Å². The first-order valence-corrected chi connectivity index (χ1v) is 5.21. The maximum Gasteiger partial charge on any atom is 0.341 e. The highest BCUT2D eigenvalue weighted by Crippen LogP contribution is 2.12. The van der Waals surface area contributed by atoms with Crippen LogP contribution >= 0.6 is 11.6 Å². The third-order valence-corrected chi connectivity index (χ3v) is 1.99. The van der Waals surface area contributed by atoms with E-state index in [1.807, 2.05) is 5.43 Å². The van der Waals surface area contributed by atoms with Crippen molar-refractivity contribution in [3.05, 3.63) is 29.0 Å². The molecule has 0 saturated heterocycles. The summed E-state index contributed by atoms with van der Waals surface area (Å²) in [5, 5.41) is -0.00947. The van der Waals surface area contributed by atoms with E-state index in [0.717, 1.165) is 0 Å². The SMILES string of the molecule is CC(=O)NNC(=O)COC(=O)c1cccnc1Cl. The van der Waals surface area contributed by atoms with Gasteiger partial charge in [-0.2, -0.15) is 0 Å². The molecule has 96 valence electrons. The topological polar surface area (TPSA) is 97.4 Å². The maximum atomic E-state index is 11.5. The van der Waals surface area contributed by atoms with Crippen LogP contribution in [0.3, 0.4) is 0 Å². The van der Waals surface area contributed by atoms with Gasteiger partial charge in [-0.3, -0.25) is 20.4 Å². The molecule has 0 bridgehead atoms. The van der Waals surface area contributed by atoms with Gasteiger partial charge in [0.05, 0.1) is 5.56 Å². The normalized spacial score (nSPS) is 9.44. The molecule has 2 amide bonds. The van der Waals surface area contributed by atoms with E-state index in [1.165, 1.54) is 25.3 Å². The standard InChI is InChI=1S/C10H10ClN3O4/c1-6(15)13-14-8(16)5-18-10(17)7-3-2-4-12-9(7)11/h2-4H,5H2,1H3,(H,13,15)(H,14,16). The zero-order valence-corrected chi connectivity index (χ0v) is 10.2. The smallest absolute Gasteiger partial charge is 0.341 e.